The fraction of sp³-hybridized carbons (Fsp3) is 0.391. The molecule has 8 heteroatoms. The zero-order valence-corrected chi connectivity index (χ0v) is 20.5. The zero-order valence-electron chi connectivity index (χ0n) is 18.1. The van der Waals surface area contributed by atoms with Gasteiger partial charge in [0.05, 0.1) is 13.2 Å². The van der Waals surface area contributed by atoms with Crippen LogP contribution in [0.5, 0.6) is 5.75 Å². The molecule has 31 heavy (non-hydrogen) atoms. The van der Waals surface area contributed by atoms with Crippen LogP contribution < -0.4 is 16.0 Å². The molecule has 0 spiro atoms. The van der Waals surface area contributed by atoms with E-state index >= 15 is 0 Å². The number of benzene rings is 2. The molecule has 0 aliphatic carbocycles. The number of amides is 1. The number of hydrogen-bond acceptors (Lipinski definition) is 4. The summed E-state index contributed by atoms with van der Waals surface area (Å²) in [6.07, 6.45) is 0. The number of carbonyl (C=O) groups is 1. The average Bonchev–Trinajstić information content (AvgIpc) is 2.76. The van der Waals surface area contributed by atoms with Crippen molar-refractivity contribution in [3.05, 3.63) is 65.7 Å². The Morgan fingerprint density at radius 2 is 1.71 bits per heavy atom. The van der Waals surface area contributed by atoms with Gasteiger partial charge < -0.3 is 25.8 Å². The second-order valence-corrected chi connectivity index (χ2v) is 7.06. The minimum atomic E-state index is -0.178. The molecule has 0 heterocycles. The molecule has 0 bridgehead atoms. The number of hydrogen-bond donors (Lipinski definition) is 4. The van der Waals surface area contributed by atoms with Crippen LogP contribution in [0.25, 0.3) is 0 Å². The minimum absolute atomic E-state index is 0. The quantitative estimate of drug-likeness (QED) is 0.152. The molecule has 2 aromatic rings. The molecule has 0 saturated carbocycles. The van der Waals surface area contributed by atoms with Crippen LogP contribution in [0, 0.1) is 5.92 Å². The normalized spacial score (nSPS) is 11.9. The predicted molar refractivity (Wildman–Crippen MR) is 135 cm³/mol. The number of ether oxygens (including phenoxy) is 1. The van der Waals surface area contributed by atoms with Gasteiger partial charge in [-0.2, -0.15) is 0 Å². The molecule has 0 fully saturated rings. The van der Waals surface area contributed by atoms with Gasteiger partial charge in [-0.25, -0.2) is 0 Å². The van der Waals surface area contributed by atoms with E-state index in [2.05, 4.69) is 40.0 Å². The molecule has 1 unspecified atom stereocenters. The number of aromatic hydroxyl groups is 1. The molecule has 1 atom stereocenters. The van der Waals surface area contributed by atoms with E-state index in [-0.39, 0.29) is 35.6 Å². The molecule has 0 aliphatic rings. The highest BCUT2D eigenvalue weighted by molar-refractivity contribution is 14.0. The number of guanidine groups is 1. The average molecular weight is 540 g/mol. The van der Waals surface area contributed by atoms with E-state index in [1.54, 1.807) is 12.1 Å². The van der Waals surface area contributed by atoms with E-state index in [0.29, 0.717) is 50.3 Å². The van der Waals surface area contributed by atoms with Gasteiger partial charge in [0.25, 0.3) is 5.91 Å². The molecule has 1 amide bonds. The lowest BCUT2D eigenvalue weighted by Crippen LogP contribution is -2.41. The topological polar surface area (TPSA) is 95.0 Å². The molecule has 2 aromatic carbocycles. The lowest BCUT2D eigenvalue weighted by molar-refractivity contribution is 0.0944. The van der Waals surface area contributed by atoms with E-state index < -0.39 is 0 Å². The van der Waals surface area contributed by atoms with E-state index in [1.807, 2.05) is 25.1 Å². The second kappa shape index (κ2) is 15.5. The first-order valence-corrected chi connectivity index (χ1v) is 10.3. The molecule has 0 aromatic heterocycles. The monoisotopic (exact) mass is 540 g/mol. The number of rotatable bonds is 11. The highest BCUT2D eigenvalue weighted by Gasteiger charge is 2.06. The summed E-state index contributed by atoms with van der Waals surface area (Å²) in [5.74, 6) is 0.965. The van der Waals surface area contributed by atoms with E-state index in [4.69, 9.17) is 4.74 Å². The van der Waals surface area contributed by atoms with Gasteiger partial charge >= 0.3 is 0 Å². The van der Waals surface area contributed by atoms with Crippen LogP contribution in [-0.2, 0) is 11.3 Å². The summed E-state index contributed by atoms with van der Waals surface area (Å²) in [7, 11) is 0. The highest BCUT2D eigenvalue weighted by Crippen LogP contribution is 2.09. The van der Waals surface area contributed by atoms with Gasteiger partial charge in [-0.1, -0.05) is 37.3 Å². The SMILES string of the molecule is CCNC(=NCC(C)COCc1ccccc1)NCCNC(=O)c1ccc(O)cc1.I. The summed E-state index contributed by atoms with van der Waals surface area (Å²) in [6, 6.07) is 16.3. The Morgan fingerprint density at radius 3 is 2.39 bits per heavy atom. The van der Waals surface area contributed by atoms with Crippen molar-refractivity contribution in [2.24, 2.45) is 10.9 Å². The summed E-state index contributed by atoms with van der Waals surface area (Å²) in [5, 5.41) is 18.5. The predicted octanol–water partition coefficient (Wildman–Crippen LogP) is 3.15. The van der Waals surface area contributed by atoms with Crippen LogP contribution in [0.15, 0.2) is 59.6 Å². The number of nitrogens with zero attached hydrogens (tertiary/aromatic N) is 1. The van der Waals surface area contributed by atoms with E-state index in [1.165, 1.54) is 12.1 Å². The van der Waals surface area contributed by atoms with Gasteiger partial charge in [-0.15, -0.1) is 24.0 Å². The Morgan fingerprint density at radius 1 is 1.03 bits per heavy atom. The smallest absolute Gasteiger partial charge is 0.251 e. The molecular weight excluding hydrogens is 507 g/mol. The van der Waals surface area contributed by atoms with Crippen molar-refractivity contribution in [2.75, 3.05) is 32.8 Å². The third-order valence-electron chi connectivity index (χ3n) is 4.25. The Labute approximate surface area is 201 Å². The summed E-state index contributed by atoms with van der Waals surface area (Å²) < 4.78 is 5.77. The molecule has 2 rings (SSSR count). The first kappa shape index (κ1) is 26.7. The highest BCUT2D eigenvalue weighted by atomic mass is 127. The van der Waals surface area contributed by atoms with Crippen molar-refractivity contribution in [1.82, 2.24) is 16.0 Å². The molecule has 0 saturated heterocycles. The second-order valence-electron chi connectivity index (χ2n) is 7.06. The maximum absolute atomic E-state index is 12.1. The van der Waals surface area contributed by atoms with Crippen LogP contribution in [0.1, 0.15) is 29.8 Å². The minimum Gasteiger partial charge on any atom is -0.508 e. The molecule has 170 valence electrons. The van der Waals surface area contributed by atoms with Gasteiger partial charge in [-0.05, 0) is 42.7 Å². The van der Waals surface area contributed by atoms with Crippen LogP contribution >= 0.6 is 24.0 Å². The van der Waals surface area contributed by atoms with Crippen molar-refractivity contribution < 1.29 is 14.6 Å². The zero-order chi connectivity index (χ0) is 21.6. The molecular formula is C23H33IN4O3. The number of halogens is 1. The Hall–Kier alpha value is -2.33. The number of nitrogens with one attached hydrogen (secondary N) is 3. The first-order chi connectivity index (χ1) is 14.6. The molecule has 7 nitrogen and oxygen atoms in total. The van der Waals surface area contributed by atoms with Crippen LogP contribution in [0.4, 0.5) is 0 Å². The lowest BCUT2D eigenvalue weighted by atomic mass is 10.2. The summed E-state index contributed by atoms with van der Waals surface area (Å²) in [6.45, 7) is 7.77. The van der Waals surface area contributed by atoms with Crippen LogP contribution in [-0.4, -0.2) is 49.8 Å². The third kappa shape index (κ3) is 11.0. The van der Waals surface area contributed by atoms with Crippen molar-refractivity contribution in [3.8, 4) is 5.75 Å². The largest absolute Gasteiger partial charge is 0.508 e. The van der Waals surface area contributed by atoms with Gasteiger partial charge in [0.1, 0.15) is 5.75 Å². The lowest BCUT2D eigenvalue weighted by Gasteiger charge is -2.14. The fourth-order valence-electron chi connectivity index (χ4n) is 2.67. The van der Waals surface area contributed by atoms with Crippen molar-refractivity contribution >= 4 is 35.8 Å². The van der Waals surface area contributed by atoms with E-state index in [0.717, 1.165) is 12.1 Å². The molecule has 0 aliphatic heterocycles. The van der Waals surface area contributed by atoms with Gasteiger partial charge in [0.15, 0.2) is 5.96 Å². The van der Waals surface area contributed by atoms with Crippen molar-refractivity contribution in [3.63, 3.8) is 0 Å². The Bertz CT molecular complexity index is 785. The Kier molecular flexibility index (Phi) is 13.3. The van der Waals surface area contributed by atoms with Gasteiger partial charge in [0.2, 0.25) is 0 Å². The third-order valence-corrected chi connectivity index (χ3v) is 4.25. The van der Waals surface area contributed by atoms with Crippen LogP contribution in [0.2, 0.25) is 0 Å². The van der Waals surface area contributed by atoms with Crippen molar-refractivity contribution in [1.29, 1.82) is 0 Å². The van der Waals surface area contributed by atoms with Crippen LogP contribution in [0.3, 0.4) is 0 Å². The molecule has 4 N–H and O–H groups in total. The van der Waals surface area contributed by atoms with Gasteiger partial charge in [0, 0.05) is 31.7 Å². The summed E-state index contributed by atoms with van der Waals surface area (Å²) in [4.78, 5) is 16.7. The molecule has 0 radical (unpaired) electrons. The number of aliphatic imine (C=N–C) groups is 1. The number of carbonyl (C=O) groups excluding carboxylic acids is 1. The maximum Gasteiger partial charge on any atom is 0.251 e. The summed E-state index contributed by atoms with van der Waals surface area (Å²) >= 11 is 0. The maximum atomic E-state index is 12.1. The van der Waals surface area contributed by atoms with Gasteiger partial charge in [-0.3, -0.25) is 9.79 Å². The standard InChI is InChI=1S/C23H32N4O3.HI/c1-3-24-23(26-14-13-25-22(29)20-9-11-21(28)12-10-20)27-15-18(2)16-30-17-19-7-5-4-6-8-19;/h4-12,18,28H,3,13-17H2,1-2H3,(H,25,29)(H2,24,26,27);1H. The first-order valence-electron chi connectivity index (χ1n) is 10.3. The summed E-state index contributed by atoms with van der Waals surface area (Å²) in [5.41, 5.74) is 1.68. The fourth-order valence-corrected chi connectivity index (χ4v) is 2.67. The Balaban J connectivity index is 0.00000480. The van der Waals surface area contributed by atoms with Crippen molar-refractivity contribution in [2.45, 2.75) is 20.5 Å². The van der Waals surface area contributed by atoms with E-state index in [9.17, 15) is 9.90 Å². The number of phenolic OH excluding ortho intramolecular Hbond substituents is 1. The number of phenols is 1.